The normalized spacial score (nSPS) is 19.9. The number of carbonyl (C=O) groups is 1. The second-order valence-corrected chi connectivity index (χ2v) is 10.5. The second kappa shape index (κ2) is 12.2. The van der Waals surface area contributed by atoms with Crippen molar-refractivity contribution < 1.29 is 35.9 Å². The van der Waals surface area contributed by atoms with Crippen molar-refractivity contribution in [2.45, 2.75) is 24.8 Å². The molecule has 0 N–H and O–H groups in total. The molecular weight excluding hydrogens is 571 g/mol. The summed E-state index contributed by atoms with van der Waals surface area (Å²) >= 11 is 12.2. The Balaban J connectivity index is 1.59. The van der Waals surface area contributed by atoms with Crippen molar-refractivity contribution in [3.05, 3.63) is 68.7 Å². The van der Waals surface area contributed by atoms with Crippen LogP contribution in [0.1, 0.15) is 27.0 Å². The third kappa shape index (κ3) is 7.79. The van der Waals surface area contributed by atoms with Crippen molar-refractivity contribution >= 4 is 29.1 Å². The zero-order chi connectivity index (χ0) is 28.4. The Bertz CT molecular complexity index is 1140. The molecule has 2 saturated heterocycles. The predicted octanol–water partition coefficient (Wildman–Crippen LogP) is 5.73. The summed E-state index contributed by atoms with van der Waals surface area (Å²) in [4.78, 5) is 19.3. The number of nitrogens with zero attached hydrogens (tertiary/aromatic N) is 3. The Labute approximate surface area is 232 Å². The highest BCUT2D eigenvalue weighted by atomic mass is 35.5. The molecule has 5 nitrogen and oxygen atoms in total. The number of benzene rings is 2. The molecular formula is C26H27Cl2F6N3O2. The van der Waals surface area contributed by atoms with Crippen molar-refractivity contribution in [3.63, 3.8) is 0 Å². The van der Waals surface area contributed by atoms with E-state index in [1.54, 1.807) is 18.2 Å². The Kier molecular flexibility index (Phi) is 9.37. The Morgan fingerprint density at radius 2 is 1.44 bits per heavy atom. The summed E-state index contributed by atoms with van der Waals surface area (Å²) in [7, 11) is 0. The third-order valence-electron chi connectivity index (χ3n) is 6.95. The van der Waals surface area contributed by atoms with E-state index in [9.17, 15) is 31.1 Å². The fraction of sp³-hybridized carbons (Fsp3) is 0.500. The van der Waals surface area contributed by atoms with Gasteiger partial charge in [0.2, 0.25) is 0 Å². The van der Waals surface area contributed by atoms with E-state index in [1.807, 2.05) is 0 Å². The quantitative estimate of drug-likeness (QED) is 0.398. The van der Waals surface area contributed by atoms with Gasteiger partial charge in [0.05, 0.1) is 34.4 Å². The maximum atomic E-state index is 13.5. The monoisotopic (exact) mass is 597 g/mol. The van der Waals surface area contributed by atoms with Gasteiger partial charge in [0.15, 0.2) is 0 Å². The average Bonchev–Trinajstić information content (AvgIpc) is 2.89. The second-order valence-electron chi connectivity index (χ2n) is 9.65. The fourth-order valence-electron chi connectivity index (χ4n) is 4.86. The summed E-state index contributed by atoms with van der Waals surface area (Å²) in [5.41, 5.74) is -2.96. The summed E-state index contributed by atoms with van der Waals surface area (Å²) in [6.07, 6.45) is -9.80. The molecule has 1 amide bonds. The number of piperazine rings is 1. The van der Waals surface area contributed by atoms with Crippen LogP contribution >= 0.6 is 23.2 Å². The van der Waals surface area contributed by atoms with Crippen LogP contribution in [0.5, 0.6) is 0 Å². The first kappa shape index (κ1) is 29.9. The number of morpholine rings is 1. The molecule has 2 aliphatic rings. The summed E-state index contributed by atoms with van der Waals surface area (Å²) in [5, 5.41) is 0.646. The molecule has 2 fully saturated rings. The van der Waals surface area contributed by atoms with Crippen LogP contribution in [0.4, 0.5) is 26.3 Å². The van der Waals surface area contributed by atoms with Gasteiger partial charge < -0.3 is 9.64 Å². The highest BCUT2D eigenvalue weighted by Gasteiger charge is 2.39. The summed E-state index contributed by atoms with van der Waals surface area (Å²) in [6, 6.07) is 5.45. The van der Waals surface area contributed by atoms with Crippen molar-refractivity contribution in [3.8, 4) is 0 Å². The van der Waals surface area contributed by atoms with Crippen molar-refractivity contribution in [2.24, 2.45) is 0 Å². The Hall–Kier alpha value is -2.05. The third-order valence-corrected chi connectivity index (χ3v) is 7.69. The van der Waals surface area contributed by atoms with Crippen LogP contribution in [-0.2, 0) is 23.5 Å². The molecule has 2 aliphatic heterocycles. The minimum Gasteiger partial charge on any atom is -0.379 e. The molecule has 0 spiro atoms. The Morgan fingerprint density at radius 3 is 2.03 bits per heavy atom. The standard InChI is InChI=1S/C26H27Cl2F6N3O2/c27-22-2-1-17(12-23(22)28)11-21-16-36(4-3-35-7-9-39-10-8-35)5-6-37(21)24(38)18-13-19(25(29,30)31)15-20(14-18)26(32,33)34/h1-2,12-15,21H,3-11,16H2/t21-/m1/s1. The van der Waals surface area contributed by atoms with Crippen LogP contribution in [0.3, 0.4) is 0 Å². The summed E-state index contributed by atoms with van der Waals surface area (Å²) < 4.78 is 86.0. The first-order chi connectivity index (χ1) is 18.3. The van der Waals surface area contributed by atoms with Crippen molar-refractivity contribution in [1.82, 2.24) is 14.7 Å². The first-order valence-electron chi connectivity index (χ1n) is 12.4. The molecule has 2 heterocycles. The molecule has 0 aromatic heterocycles. The van der Waals surface area contributed by atoms with E-state index in [2.05, 4.69) is 9.80 Å². The molecule has 2 aromatic carbocycles. The lowest BCUT2D eigenvalue weighted by atomic mass is 9.99. The Morgan fingerprint density at radius 1 is 0.821 bits per heavy atom. The highest BCUT2D eigenvalue weighted by molar-refractivity contribution is 6.42. The molecule has 39 heavy (non-hydrogen) atoms. The maximum Gasteiger partial charge on any atom is 0.416 e. The van der Waals surface area contributed by atoms with Crippen LogP contribution in [-0.4, -0.2) is 85.7 Å². The van der Waals surface area contributed by atoms with Gasteiger partial charge >= 0.3 is 12.4 Å². The molecule has 4 rings (SSSR count). The number of rotatable bonds is 6. The van der Waals surface area contributed by atoms with Crippen LogP contribution in [0.15, 0.2) is 36.4 Å². The SMILES string of the molecule is O=C(c1cc(C(F)(F)F)cc(C(F)(F)F)c1)N1CCN(CCN2CCOCC2)C[C@H]1Cc1ccc(Cl)c(Cl)c1. The van der Waals surface area contributed by atoms with Crippen LogP contribution < -0.4 is 0 Å². The van der Waals surface area contributed by atoms with Crippen molar-refractivity contribution in [1.29, 1.82) is 0 Å². The van der Waals surface area contributed by atoms with Gasteiger partial charge in [-0.25, -0.2) is 0 Å². The van der Waals surface area contributed by atoms with Gasteiger partial charge in [0, 0.05) is 57.4 Å². The van der Waals surface area contributed by atoms with Gasteiger partial charge in [-0.05, 0) is 42.3 Å². The fourth-order valence-corrected chi connectivity index (χ4v) is 5.18. The van der Waals surface area contributed by atoms with Gasteiger partial charge in [0.25, 0.3) is 5.91 Å². The minimum absolute atomic E-state index is 0.0214. The van der Waals surface area contributed by atoms with E-state index in [-0.39, 0.29) is 12.6 Å². The van der Waals surface area contributed by atoms with Gasteiger partial charge in [-0.3, -0.25) is 14.6 Å². The van der Waals surface area contributed by atoms with Crippen molar-refractivity contribution in [2.75, 3.05) is 59.0 Å². The average molecular weight is 598 g/mol. The number of alkyl halides is 6. The van der Waals surface area contributed by atoms with Gasteiger partial charge in [-0.1, -0.05) is 29.3 Å². The van der Waals surface area contributed by atoms with Crippen LogP contribution in [0.25, 0.3) is 0 Å². The van der Waals surface area contributed by atoms with E-state index >= 15 is 0 Å². The number of halogens is 8. The summed E-state index contributed by atoms with van der Waals surface area (Å²) in [5.74, 6) is -0.885. The number of hydrogen-bond donors (Lipinski definition) is 0. The minimum atomic E-state index is -5.05. The van der Waals surface area contributed by atoms with Gasteiger partial charge in [0.1, 0.15) is 0 Å². The lowest BCUT2D eigenvalue weighted by Gasteiger charge is -2.42. The largest absolute Gasteiger partial charge is 0.416 e. The first-order valence-corrected chi connectivity index (χ1v) is 13.1. The lowest BCUT2D eigenvalue weighted by molar-refractivity contribution is -0.143. The van der Waals surface area contributed by atoms with E-state index in [0.717, 1.165) is 25.2 Å². The molecule has 1 atom stereocenters. The molecule has 13 heteroatoms. The molecule has 0 radical (unpaired) electrons. The zero-order valence-electron chi connectivity index (χ0n) is 20.8. The van der Waals surface area contributed by atoms with E-state index in [0.29, 0.717) is 61.4 Å². The predicted molar refractivity (Wildman–Crippen MR) is 135 cm³/mol. The molecule has 0 bridgehead atoms. The molecule has 0 saturated carbocycles. The highest BCUT2D eigenvalue weighted by Crippen LogP contribution is 2.37. The zero-order valence-corrected chi connectivity index (χ0v) is 22.3. The van der Waals surface area contributed by atoms with E-state index in [1.165, 1.54) is 4.90 Å². The molecule has 2 aromatic rings. The molecule has 0 unspecified atom stereocenters. The summed E-state index contributed by atoms with van der Waals surface area (Å²) in [6.45, 7) is 5.36. The topological polar surface area (TPSA) is 36.0 Å². The number of ether oxygens (including phenoxy) is 1. The van der Waals surface area contributed by atoms with Crippen LogP contribution in [0, 0.1) is 0 Å². The number of amides is 1. The maximum absolute atomic E-state index is 13.5. The van der Waals surface area contributed by atoms with E-state index in [4.69, 9.17) is 27.9 Å². The number of carbonyl (C=O) groups excluding carboxylic acids is 1. The van der Waals surface area contributed by atoms with Gasteiger partial charge in [-0.15, -0.1) is 0 Å². The lowest BCUT2D eigenvalue weighted by Crippen LogP contribution is -2.57. The molecule has 214 valence electrons. The van der Waals surface area contributed by atoms with E-state index < -0.39 is 41.0 Å². The van der Waals surface area contributed by atoms with Gasteiger partial charge in [-0.2, -0.15) is 26.3 Å². The smallest absolute Gasteiger partial charge is 0.379 e. The van der Waals surface area contributed by atoms with Crippen LogP contribution in [0.2, 0.25) is 10.0 Å². The number of hydrogen-bond acceptors (Lipinski definition) is 4. The molecule has 0 aliphatic carbocycles.